The first-order chi connectivity index (χ1) is 14.1. The van der Waals surface area contributed by atoms with Gasteiger partial charge in [-0.25, -0.2) is 14.4 Å². The zero-order chi connectivity index (χ0) is 20.2. The highest BCUT2D eigenvalue weighted by atomic mass is 35.5. The molecule has 0 atom stereocenters. The van der Waals surface area contributed by atoms with E-state index in [1.165, 1.54) is 24.1 Å². The molecule has 2 aromatic heterocycles. The summed E-state index contributed by atoms with van der Waals surface area (Å²) < 4.78 is 16.9. The normalized spacial score (nSPS) is 14.1. The summed E-state index contributed by atoms with van der Waals surface area (Å²) in [7, 11) is 0. The molecule has 0 unspecified atom stereocenters. The molecule has 1 saturated heterocycles. The minimum Gasteiger partial charge on any atom is -0.354 e. The summed E-state index contributed by atoms with van der Waals surface area (Å²) in [6.45, 7) is 5.74. The first-order valence-corrected chi connectivity index (χ1v) is 10.6. The molecule has 0 aliphatic carbocycles. The van der Waals surface area contributed by atoms with Gasteiger partial charge in [-0.3, -0.25) is 0 Å². The van der Waals surface area contributed by atoms with Crippen molar-refractivity contribution in [2.45, 2.75) is 11.9 Å². The first kappa shape index (κ1) is 19.9. The van der Waals surface area contributed by atoms with Gasteiger partial charge in [-0.15, -0.1) is 0 Å². The summed E-state index contributed by atoms with van der Waals surface area (Å²) in [6, 6.07) is 14.2. The lowest BCUT2D eigenvalue weighted by molar-refractivity contribution is 0.584. The van der Waals surface area contributed by atoms with Gasteiger partial charge < -0.3 is 14.9 Å². The maximum absolute atomic E-state index is 13.7. The summed E-state index contributed by atoms with van der Waals surface area (Å²) >= 11 is 7.72. The molecule has 3 heterocycles. The predicted molar refractivity (Wildman–Crippen MR) is 118 cm³/mol. The number of rotatable bonds is 5. The Hall–Kier alpha value is -2.35. The molecule has 29 heavy (non-hydrogen) atoms. The zero-order valence-corrected chi connectivity index (χ0v) is 17.5. The van der Waals surface area contributed by atoms with Gasteiger partial charge in [0, 0.05) is 43.7 Å². The Morgan fingerprint density at radius 1 is 1.10 bits per heavy atom. The molecule has 8 heteroatoms. The smallest absolute Gasteiger partial charge is 0.136 e. The van der Waals surface area contributed by atoms with E-state index in [0.29, 0.717) is 22.1 Å². The number of aryl methyl sites for hydroxylation is 1. The standard InChI is InChI=1S/C21H21ClFN5S/c1-14-5-6-15(23)13-16(14)21-17(22)7-8-18(25-21)27-29-20-4-2-3-19(26-20)28-11-9-24-10-12-28/h2-8,13,24H,9-12H2,1H3,(H,25,27). The number of hydrogen-bond donors (Lipinski definition) is 2. The fourth-order valence-corrected chi connectivity index (χ4v) is 3.99. The van der Waals surface area contributed by atoms with Crippen LogP contribution < -0.4 is 14.9 Å². The number of anilines is 2. The third kappa shape index (κ3) is 4.80. The third-order valence-electron chi connectivity index (χ3n) is 4.71. The number of aromatic nitrogens is 2. The van der Waals surface area contributed by atoms with Crippen molar-refractivity contribution in [3.05, 3.63) is 64.9 Å². The van der Waals surface area contributed by atoms with Crippen LogP contribution in [0.1, 0.15) is 5.56 Å². The van der Waals surface area contributed by atoms with Crippen molar-refractivity contribution in [2.75, 3.05) is 35.8 Å². The van der Waals surface area contributed by atoms with Gasteiger partial charge in [-0.1, -0.05) is 23.7 Å². The van der Waals surface area contributed by atoms with Gasteiger partial charge in [-0.05, 0) is 48.9 Å². The van der Waals surface area contributed by atoms with Gasteiger partial charge in [0.1, 0.15) is 22.5 Å². The van der Waals surface area contributed by atoms with Crippen molar-refractivity contribution in [1.29, 1.82) is 0 Å². The highest BCUT2D eigenvalue weighted by Gasteiger charge is 2.13. The Bertz CT molecular complexity index is 1010. The van der Waals surface area contributed by atoms with E-state index >= 15 is 0 Å². The van der Waals surface area contributed by atoms with Crippen LogP contribution in [0.4, 0.5) is 16.0 Å². The third-order valence-corrected chi connectivity index (χ3v) is 5.76. The van der Waals surface area contributed by atoms with Crippen LogP contribution in [0, 0.1) is 12.7 Å². The van der Waals surface area contributed by atoms with Crippen LogP contribution in [0.25, 0.3) is 11.3 Å². The lowest BCUT2D eigenvalue weighted by Crippen LogP contribution is -2.43. The number of piperazine rings is 1. The molecular formula is C21H21ClFN5S. The van der Waals surface area contributed by atoms with Crippen LogP contribution in [-0.4, -0.2) is 36.1 Å². The molecule has 0 bridgehead atoms. The van der Waals surface area contributed by atoms with Crippen LogP contribution in [-0.2, 0) is 0 Å². The van der Waals surface area contributed by atoms with Crippen molar-refractivity contribution < 1.29 is 4.39 Å². The fraction of sp³-hybridized carbons (Fsp3) is 0.238. The van der Waals surface area contributed by atoms with E-state index in [-0.39, 0.29) is 5.82 Å². The van der Waals surface area contributed by atoms with Crippen LogP contribution >= 0.6 is 23.5 Å². The van der Waals surface area contributed by atoms with Crippen molar-refractivity contribution in [3.63, 3.8) is 0 Å². The van der Waals surface area contributed by atoms with Crippen molar-refractivity contribution in [1.82, 2.24) is 15.3 Å². The molecule has 0 saturated carbocycles. The van der Waals surface area contributed by atoms with Gasteiger partial charge in [0.05, 0.1) is 10.7 Å². The van der Waals surface area contributed by atoms with Crippen LogP contribution in [0.2, 0.25) is 5.02 Å². The molecule has 5 nitrogen and oxygen atoms in total. The van der Waals surface area contributed by atoms with E-state index < -0.39 is 0 Å². The summed E-state index contributed by atoms with van der Waals surface area (Å²) in [5.41, 5.74) is 2.15. The Balaban J connectivity index is 1.51. The van der Waals surface area contributed by atoms with Gasteiger partial charge in [0.15, 0.2) is 0 Å². The Labute approximate surface area is 178 Å². The van der Waals surface area contributed by atoms with Crippen molar-refractivity contribution in [3.8, 4) is 11.3 Å². The topological polar surface area (TPSA) is 53.1 Å². The van der Waals surface area contributed by atoms with Gasteiger partial charge in [-0.2, -0.15) is 0 Å². The average Bonchev–Trinajstić information content (AvgIpc) is 2.76. The Kier molecular flexibility index (Phi) is 6.18. The predicted octanol–water partition coefficient (Wildman–Crippen LogP) is 4.77. The molecular weight excluding hydrogens is 409 g/mol. The Morgan fingerprint density at radius 2 is 1.93 bits per heavy atom. The minimum atomic E-state index is -0.315. The van der Waals surface area contributed by atoms with Gasteiger partial charge in [0.2, 0.25) is 0 Å². The molecule has 0 radical (unpaired) electrons. The minimum absolute atomic E-state index is 0.315. The maximum Gasteiger partial charge on any atom is 0.136 e. The van der Waals surface area contributed by atoms with Crippen LogP contribution in [0.3, 0.4) is 0 Å². The van der Waals surface area contributed by atoms with Crippen molar-refractivity contribution in [2.24, 2.45) is 0 Å². The highest BCUT2D eigenvalue weighted by molar-refractivity contribution is 8.00. The van der Waals surface area contributed by atoms with E-state index in [0.717, 1.165) is 42.6 Å². The number of pyridine rings is 2. The van der Waals surface area contributed by atoms with E-state index in [1.807, 2.05) is 25.1 Å². The van der Waals surface area contributed by atoms with E-state index in [9.17, 15) is 4.39 Å². The maximum atomic E-state index is 13.7. The lowest BCUT2D eigenvalue weighted by atomic mass is 10.0. The second-order valence-electron chi connectivity index (χ2n) is 6.76. The molecule has 1 aliphatic heterocycles. The number of hydrogen-bond acceptors (Lipinski definition) is 6. The largest absolute Gasteiger partial charge is 0.354 e. The molecule has 1 fully saturated rings. The molecule has 4 rings (SSSR count). The monoisotopic (exact) mass is 429 g/mol. The molecule has 1 aromatic carbocycles. The Morgan fingerprint density at radius 3 is 2.76 bits per heavy atom. The molecule has 0 amide bonds. The first-order valence-electron chi connectivity index (χ1n) is 9.39. The van der Waals surface area contributed by atoms with Crippen molar-refractivity contribution >= 4 is 35.2 Å². The molecule has 3 aromatic rings. The average molecular weight is 430 g/mol. The fourth-order valence-electron chi connectivity index (χ4n) is 3.17. The second kappa shape index (κ2) is 8.98. The number of nitrogens with one attached hydrogen (secondary N) is 2. The summed E-state index contributed by atoms with van der Waals surface area (Å²) in [4.78, 5) is 11.6. The molecule has 0 spiro atoms. The molecule has 2 N–H and O–H groups in total. The van der Waals surface area contributed by atoms with Crippen LogP contribution in [0.15, 0.2) is 53.6 Å². The molecule has 1 aliphatic rings. The second-order valence-corrected chi connectivity index (χ2v) is 8.00. The SMILES string of the molecule is Cc1ccc(F)cc1-c1nc(NSc2cccc(N3CCNCC3)n2)ccc1Cl. The summed E-state index contributed by atoms with van der Waals surface area (Å²) in [5, 5.41) is 4.68. The number of halogens is 2. The number of benzene rings is 1. The van der Waals surface area contributed by atoms with Crippen LogP contribution in [0.5, 0.6) is 0 Å². The number of nitrogens with zero attached hydrogens (tertiary/aromatic N) is 3. The van der Waals surface area contributed by atoms with Gasteiger partial charge in [0.25, 0.3) is 0 Å². The molecule has 150 valence electrons. The van der Waals surface area contributed by atoms with E-state index in [1.54, 1.807) is 18.2 Å². The highest BCUT2D eigenvalue weighted by Crippen LogP contribution is 2.31. The summed E-state index contributed by atoms with van der Waals surface area (Å²) in [6.07, 6.45) is 0. The quantitative estimate of drug-likeness (QED) is 0.569. The van der Waals surface area contributed by atoms with Gasteiger partial charge >= 0.3 is 0 Å². The van der Waals surface area contributed by atoms with E-state index in [2.05, 4.69) is 19.9 Å². The lowest BCUT2D eigenvalue weighted by Gasteiger charge is -2.28. The summed E-state index contributed by atoms with van der Waals surface area (Å²) in [5.74, 6) is 1.29. The van der Waals surface area contributed by atoms with E-state index in [4.69, 9.17) is 16.6 Å². The zero-order valence-electron chi connectivity index (χ0n) is 16.0.